The number of nitrogens with one attached hydrogen (secondary N) is 1. The van der Waals surface area contributed by atoms with E-state index in [1.165, 1.54) is 17.7 Å². The molecule has 1 aromatic carbocycles. The van der Waals surface area contributed by atoms with E-state index in [1.807, 2.05) is 24.4 Å². The van der Waals surface area contributed by atoms with Crippen molar-refractivity contribution in [1.82, 2.24) is 14.5 Å². The van der Waals surface area contributed by atoms with E-state index in [4.69, 9.17) is 4.74 Å². The van der Waals surface area contributed by atoms with Crippen LogP contribution < -0.4 is 10.1 Å². The fourth-order valence-electron chi connectivity index (χ4n) is 3.34. The zero-order chi connectivity index (χ0) is 21.3. The van der Waals surface area contributed by atoms with Crippen LogP contribution in [0.4, 0.5) is 19.0 Å². The molecular formula is C21H19F3N4OS. The second-order valence-electron chi connectivity index (χ2n) is 6.66. The standard InChI is InChI=1S/C21H19F3N4OS/c1-3-29-14-8-17(30-10-14)16-9-18(27-11-26-16)25-4-5-28-12(2)6-13-7-15(22)19(23)20(24)21(13)28/h6-11H,3-5H2,1-2H3,(H,25,26,27). The summed E-state index contributed by atoms with van der Waals surface area (Å²) in [5.41, 5.74) is 1.52. The molecule has 1 N–H and O–H groups in total. The Morgan fingerprint density at radius 1 is 1.10 bits per heavy atom. The summed E-state index contributed by atoms with van der Waals surface area (Å²) in [6, 6.07) is 6.39. The summed E-state index contributed by atoms with van der Waals surface area (Å²) in [6.45, 7) is 5.05. The predicted octanol–water partition coefficient (Wildman–Crippen LogP) is 5.40. The molecule has 156 valence electrons. The largest absolute Gasteiger partial charge is 0.493 e. The monoisotopic (exact) mass is 432 g/mol. The highest BCUT2D eigenvalue weighted by atomic mass is 32.1. The molecule has 30 heavy (non-hydrogen) atoms. The first-order valence-corrected chi connectivity index (χ1v) is 10.3. The Morgan fingerprint density at radius 3 is 2.73 bits per heavy atom. The molecule has 0 spiro atoms. The van der Waals surface area contributed by atoms with Gasteiger partial charge < -0.3 is 14.6 Å². The van der Waals surface area contributed by atoms with E-state index in [9.17, 15) is 13.2 Å². The lowest BCUT2D eigenvalue weighted by molar-refractivity contribution is 0.342. The van der Waals surface area contributed by atoms with Gasteiger partial charge in [0.1, 0.15) is 17.9 Å². The number of nitrogens with zero attached hydrogens (tertiary/aromatic N) is 3. The number of aryl methyl sites for hydroxylation is 1. The van der Waals surface area contributed by atoms with E-state index in [0.29, 0.717) is 36.6 Å². The average Bonchev–Trinajstić information content (AvgIpc) is 3.31. The SMILES string of the molecule is CCOc1csc(-c2cc(NCCn3c(C)cc4cc(F)c(F)c(F)c43)ncn2)c1. The molecule has 4 rings (SSSR count). The van der Waals surface area contributed by atoms with Crippen molar-refractivity contribution in [2.45, 2.75) is 20.4 Å². The Balaban J connectivity index is 1.50. The molecule has 0 unspecified atom stereocenters. The van der Waals surface area contributed by atoms with Gasteiger partial charge in [-0.05, 0) is 26.0 Å². The van der Waals surface area contributed by atoms with E-state index in [-0.39, 0.29) is 5.52 Å². The molecule has 5 nitrogen and oxygen atoms in total. The van der Waals surface area contributed by atoms with Crippen LogP contribution in [0.3, 0.4) is 0 Å². The predicted molar refractivity (Wildman–Crippen MR) is 112 cm³/mol. The van der Waals surface area contributed by atoms with Crippen LogP contribution in [-0.2, 0) is 6.54 Å². The summed E-state index contributed by atoms with van der Waals surface area (Å²) >= 11 is 1.53. The number of rotatable bonds is 7. The van der Waals surface area contributed by atoms with Crippen LogP contribution in [0.1, 0.15) is 12.6 Å². The highest BCUT2D eigenvalue weighted by molar-refractivity contribution is 7.13. The number of fused-ring (bicyclic) bond motifs is 1. The average molecular weight is 432 g/mol. The van der Waals surface area contributed by atoms with Crippen molar-refractivity contribution in [3.8, 4) is 16.3 Å². The molecule has 0 aliphatic heterocycles. The lowest BCUT2D eigenvalue weighted by Gasteiger charge is -2.11. The first-order chi connectivity index (χ1) is 14.5. The van der Waals surface area contributed by atoms with Crippen molar-refractivity contribution in [1.29, 1.82) is 0 Å². The van der Waals surface area contributed by atoms with Crippen LogP contribution in [0.25, 0.3) is 21.5 Å². The van der Waals surface area contributed by atoms with Gasteiger partial charge in [0.25, 0.3) is 0 Å². The summed E-state index contributed by atoms with van der Waals surface area (Å²) in [5, 5.41) is 5.42. The second kappa shape index (κ2) is 8.35. The first kappa shape index (κ1) is 20.2. The smallest absolute Gasteiger partial charge is 0.196 e. The van der Waals surface area contributed by atoms with E-state index in [0.717, 1.165) is 22.4 Å². The summed E-state index contributed by atoms with van der Waals surface area (Å²) < 4.78 is 48.6. The lowest BCUT2D eigenvalue weighted by Crippen LogP contribution is -2.13. The number of hydrogen-bond donors (Lipinski definition) is 1. The van der Waals surface area contributed by atoms with Crippen LogP contribution >= 0.6 is 11.3 Å². The summed E-state index contributed by atoms with van der Waals surface area (Å²) in [4.78, 5) is 9.46. The minimum absolute atomic E-state index is 0.0543. The van der Waals surface area contributed by atoms with Crippen molar-refractivity contribution in [3.63, 3.8) is 0 Å². The van der Waals surface area contributed by atoms with Gasteiger partial charge in [-0.2, -0.15) is 0 Å². The van der Waals surface area contributed by atoms with Gasteiger partial charge in [-0.15, -0.1) is 11.3 Å². The molecule has 3 aromatic heterocycles. The molecule has 3 heterocycles. The van der Waals surface area contributed by atoms with E-state index in [2.05, 4.69) is 15.3 Å². The van der Waals surface area contributed by atoms with E-state index < -0.39 is 17.5 Å². The van der Waals surface area contributed by atoms with Gasteiger partial charge in [0.15, 0.2) is 17.5 Å². The highest BCUT2D eigenvalue weighted by Gasteiger charge is 2.18. The third-order valence-corrected chi connectivity index (χ3v) is 5.60. The second-order valence-corrected chi connectivity index (χ2v) is 7.57. The Labute approximate surface area is 175 Å². The van der Waals surface area contributed by atoms with Crippen LogP contribution in [0.5, 0.6) is 5.75 Å². The first-order valence-electron chi connectivity index (χ1n) is 9.39. The molecule has 0 saturated heterocycles. The number of ether oxygens (including phenoxy) is 1. The van der Waals surface area contributed by atoms with Crippen LogP contribution in [0, 0.1) is 24.4 Å². The Morgan fingerprint density at radius 2 is 1.93 bits per heavy atom. The van der Waals surface area contributed by atoms with Crippen LogP contribution in [0.2, 0.25) is 0 Å². The topological polar surface area (TPSA) is 52.0 Å². The molecule has 0 bridgehead atoms. The van der Waals surface area contributed by atoms with Crippen LogP contribution in [0.15, 0.2) is 36.0 Å². The number of thiophene rings is 1. The van der Waals surface area contributed by atoms with Crippen molar-refractivity contribution < 1.29 is 17.9 Å². The summed E-state index contributed by atoms with van der Waals surface area (Å²) in [5.74, 6) is -2.42. The lowest BCUT2D eigenvalue weighted by atomic mass is 10.2. The zero-order valence-corrected chi connectivity index (χ0v) is 17.2. The maximum atomic E-state index is 14.3. The molecule has 0 fully saturated rings. The fourth-order valence-corrected chi connectivity index (χ4v) is 4.13. The molecule has 0 atom stereocenters. The normalized spacial score (nSPS) is 11.2. The maximum Gasteiger partial charge on any atom is 0.196 e. The highest BCUT2D eigenvalue weighted by Crippen LogP contribution is 2.30. The number of anilines is 1. The van der Waals surface area contributed by atoms with Crippen molar-refractivity contribution in [2.24, 2.45) is 0 Å². The third kappa shape index (κ3) is 3.85. The number of hydrogen-bond acceptors (Lipinski definition) is 5. The van der Waals surface area contributed by atoms with Crippen molar-refractivity contribution >= 4 is 28.1 Å². The van der Waals surface area contributed by atoms with Gasteiger partial charge in [-0.1, -0.05) is 0 Å². The molecule has 0 aliphatic carbocycles. The molecule has 0 radical (unpaired) electrons. The van der Waals surface area contributed by atoms with E-state index in [1.54, 1.807) is 17.6 Å². The van der Waals surface area contributed by atoms with Crippen LogP contribution in [-0.4, -0.2) is 27.7 Å². The molecule has 0 aliphatic rings. The van der Waals surface area contributed by atoms with E-state index >= 15 is 0 Å². The van der Waals surface area contributed by atoms with Gasteiger partial charge in [0.2, 0.25) is 0 Å². The molecule has 9 heteroatoms. The fraction of sp³-hybridized carbons (Fsp3) is 0.238. The van der Waals surface area contributed by atoms with Crippen molar-refractivity contribution in [2.75, 3.05) is 18.5 Å². The summed E-state index contributed by atoms with van der Waals surface area (Å²) in [7, 11) is 0. The van der Waals surface area contributed by atoms with Crippen molar-refractivity contribution in [3.05, 3.63) is 59.1 Å². The summed E-state index contributed by atoms with van der Waals surface area (Å²) in [6.07, 6.45) is 1.46. The minimum atomic E-state index is -1.46. The van der Waals surface area contributed by atoms with Gasteiger partial charge in [0.05, 0.1) is 22.7 Å². The Hall–Kier alpha value is -3.07. The minimum Gasteiger partial charge on any atom is -0.493 e. The molecular weight excluding hydrogens is 413 g/mol. The van der Waals surface area contributed by atoms with Gasteiger partial charge in [-0.25, -0.2) is 23.1 Å². The van der Waals surface area contributed by atoms with Gasteiger partial charge in [0, 0.05) is 41.7 Å². The van der Waals surface area contributed by atoms with Gasteiger partial charge in [-0.3, -0.25) is 0 Å². The van der Waals surface area contributed by atoms with Gasteiger partial charge >= 0.3 is 0 Å². The number of aromatic nitrogens is 3. The quantitative estimate of drug-likeness (QED) is 0.398. The number of benzene rings is 1. The maximum absolute atomic E-state index is 14.3. The zero-order valence-electron chi connectivity index (χ0n) is 16.4. The molecule has 0 amide bonds. The Kier molecular flexibility index (Phi) is 5.63. The molecule has 4 aromatic rings. The number of halogens is 3. The molecule has 0 saturated carbocycles. The third-order valence-electron chi connectivity index (χ3n) is 4.67. The Bertz CT molecular complexity index is 1200.